The largest absolute Gasteiger partial charge is 0.376 e. The van der Waals surface area contributed by atoms with E-state index >= 15 is 0 Å². The lowest BCUT2D eigenvalue weighted by atomic mass is 10.1. The van der Waals surface area contributed by atoms with E-state index in [9.17, 15) is 4.79 Å². The molecule has 1 aromatic carbocycles. The highest BCUT2D eigenvalue weighted by Gasteiger charge is 2.24. The topological polar surface area (TPSA) is 38.3 Å². The van der Waals surface area contributed by atoms with Crippen molar-refractivity contribution >= 4 is 21.8 Å². The zero-order chi connectivity index (χ0) is 13.1. The maximum Gasteiger partial charge on any atom is 0.251 e. The fraction of sp³-hybridized carbons (Fsp3) is 0.500. The Balaban J connectivity index is 2.05. The molecule has 1 N–H and O–H groups in total. The molecule has 1 aliphatic rings. The Morgan fingerprint density at radius 3 is 3.00 bits per heavy atom. The molecule has 1 aromatic rings. The van der Waals surface area contributed by atoms with Gasteiger partial charge < -0.3 is 10.1 Å². The van der Waals surface area contributed by atoms with Crippen molar-refractivity contribution in [1.29, 1.82) is 0 Å². The fourth-order valence-electron chi connectivity index (χ4n) is 2.23. The lowest BCUT2D eigenvalue weighted by Crippen LogP contribution is -2.41. The average molecular weight is 312 g/mol. The van der Waals surface area contributed by atoms with Gasteiger partial charge in [-0.2, -0.15) is 0 Å². The second-order valence-electron chi connectivity index (χ2n) is 4.73. The third-order valence-corrected chi connectivity index (χ3v) is 4.25. The van der Waals surface area contributed by atoms with E-state index in [1.807, 2.05) is 32.0 Å². The molecule has 0 radical (unpaired) electrons. The second-order valence-corrected chi connectivity index (χ2v) is 5.58. The fourth-order valence-corrected chi connectivity index (χ4v) is 2.59. The molecule has 3 nitrogen and oxygen atoms in total. The molecule has 1 heterocycles. The lowest BCUT2D eigenvalue weighted by molar-refractivity contribution is 0.0712. The van der Waals surface area contributed by atoms with Crippen LogP contribution in [0.3, 0.4) is 0 Å². The highest BCUT2D eigenvalue weighted by atomic mass is 79.9. The molecule has 2 rings (SSSR count). The van der Waals surface area contributed by atoms with Crippen molar-refractivity contribution < 1.29 is 9.53 Å². The summed E-state index contributed by atoms with van der Waals surface area (Å²) in [6.45, 7) is 4.75. The number of hydrogen-bond acceptors (Lipinski definition) is 2. The molecule has 2 atom stereocenters. The molecule has 1 aliphatic heterocycles. The van der Waals surface area contributed by atoms with E-state index in [4.69, 9.17) is 4.74 Å². The third-order valence-electron chi connectivity index (χ3n) is 3.39. The van der Waals surface area contributed by atoms with Crippen LogP contribution in [0.1, 0.15) is 35.7 Å². The van der Waals surface area contributed by atoms with Crippen molar-refractivity contribution in [3.05, 3.63) is 33.8 Å². The summed E-state index contributed by atoms with van der Waals surface area (Å²) in [5.74, 6) is -0.0307. The standard InChI is InChI=1S/C14H18BrNO2/c1-9-11(5-3-6-12(9)15)14(17)16-10(2)13-7-4-8-18-13/h3,5-6,10,13H,4,7-8H2,1-2H3,(H,16,17). The highest BCUT2D eigenvalue weighted by molar-refractivity contribution is 9.10. The number of rotatable bonds is 3. The van der Waals surface area contributed by atoms with E-state index in [0.29, 0.717) is 5.56 Å². The summed E-state index contributed by atoms with van der Waals surface area (Å²) in [6.07, 6.45) is 2.26. The predicted octanol–water partition coefficient (Wildman–Crippen LogP) is 3.05. The molecule has 4 heteroatoms. The van der Waals surface area contributed by atoms with Gasteiger partial charge in [0.25, 0.3) is 5.91 Å². The monoisotopic (exact) mass is 311 g/mol. The molecule has 0 spiro atoms. The Morgan fingerprint density at radius 2 is 2.33 bits per heavy atom. The van der Waals surface area contributed by atoms with Gasteiger partial charge in [-0.05, 0) is 44.4 Å². The summed E-state index contributed by atoms with van der Waals surface area (Å²) in [5, 5.41) is 3.02. The molecule has 1 fully saturated rings. The number of benzene rings is 1. The van der Waals surface area contributed by atoms with E-state index in [1.54, 1.807) is 0 Å². The molecule has 98 valence electrons. The van der Waals surface area contributed by atoms with Crippen molar-refractivity contribution in [3.8, 4) is 0 Å². The summed E-state index contributed by atoms with van der Waals surface area (Å²) in [5.41, 5.74) is 1.68. The van der Waals surface area contributed by atoms with Crippen LogP contribution in [0.2, 0.25) is 0 Å². The summed E-state index contributed by atoms with van der Waals surface area (Å²) < 4.78 is 6.54. The first kappa shape index (κ1) is 13.6. The number of carbonyl (C=O) groups excluding carboxylic acids is 1. The number of ether oxygens (including phenoxy) is 1. The van der Waals surface area contributed by atoms with Gasteiger partial charge in [-0.25, -0.2) is 0 Å². The Morgan fingerprint density at radius 1 is 1.56 bits per heavy atom. The normalized spacial score (nSPS) is 20.7. The lowest BCUT2D eigenvalue weighted by Gasteiger charge is -2.20. The summed E-state index contributed by atoms with van der Waals surface area (Å²) in [7, 11) is 0. The molecular formula is C14H18BrNO2. The van der Waals surface area contributed by atoms with Gasteiger partial charge in [0.05, 0.1) is 12.1 Å². The first-order chi connectivity index (χ1) is 8.59. The van der Waals surface area contributed by atoms with E-state index in [-0.39, 0.29) is 18.1 Å². The van der Waals surface area contributed by atoms with Crippen LogP contribution >= 0.6 is 15.9 Å². The molecular weight excluding hydrogens is 294 g/mol. The van der Waals surface area contributed by atoms with E-state index in [0.717, 1.165) is 29.5 Å². The Labute approximate surface area is 116 Å². The molecule has 1 amide bonds. The maximum atomic E-state index is 12.2. The van der Waals surface area contributed by atoms with Crippen molar-refractivity contribution in [3.63, 3.8) is 0 Å². The van der Waals surface area contributed by atoms with E-state index < -0.39 is 0 Å². The zero-order valence-corrected chi connectivity index (χ0v) is 12.3. The minimum atomic E-state index is -0.0307. The molecule has 0 saturated carbocycles. The van der Waals surface area contributed by atoms with Crippen molar-refractivity contribution in [1.82, 2.24) is 5.32 Å². The van der Waals surface area contributed by atoms with Crippen LogP contribution in [0, 0.1) is 6.92 Å². The maximum absolute atomic E-state index is 12.2. The van der Waals surface area contributed by atoms with Crippen molar-refractivity contribution in [2.75, 3.05) is 6.61 Å². The van der Waals surface area contributed by atoms with Gasteiger partial charge in [-0.15, -0.1) is 0 Å². The Kier molecular flexibility index (Phi) is 4.40. The van der Waals surface area contributed by atoms with Crippen LogP contribution in [-0.2, 0) is 4.74 Å². The zero-order valence-electron chi connectivity index (χ0n) is 10.7. The van der Waals surface area contributed by atoms with Crippen LogP contribution in [0.4, 0.5) is 0 Å². The highest BCUT2D eigenvalue weighted by Crippen LogP contribution is 2.20. The second kappa shape index (κ2) is 5.85. The molecule has 0 aliphatic carbocycles. The van der Waals surface area contributed by atoms with Crippen LogP contribution in [0.15, 0.2) is 22.7 Å². The first-order valence-corrected chi connectivity index (χ1v) is 7.06. The number of carbonyl (C=O) groups is 1. The number of halogens is 1. The average Bonchev–Trinajstić information content (AvgIpc) is 2.86. The van der Waals surface area contributed by atoms with Crippen molar-refractivity contribution in [2.45, 2.75) is 38.8 Å². The van der Waals surface area contributed by atoms with E-state index in [1.165, 1.54) is 0 Å². The van der Waals surface area contributed by atoms with Gasteiger partial charge in [-0.3, -0.25) is 4.79 Å². The van der Waals surface area contributed by atoms with Crippen molar-refractivity contribution in [2.24, 2.45) is 0 Å². The van der Waals surface area contributed by atoms with Crippen LogP contribution in [0.5, 0.6) is 0 Å². The number of hydrogen-bond donors (Lipinski definition) is 1. The SMILES string of the molecule is Cc1c(Br)cccc1C(=O)NC(C)C1CCCO1. The molecule has 18 heavy (non-hydrogen) atoms. The minimum Gasteiger partial charge on any atom is -0.376 e. The quantitative estimate of drug-likeness (QED) is 0.931. The smallest absolute Gasteiger partial charge is 0.251 e. The van der Waals surface area contributed by atoms with Gasteiger partial charge in [0, 0.05) is 16.6 Å². The van der Waals surface area contributed by atoms with Crippen LogP contribution < -0.4 is 5.32 Å². The molecule has 1 saturated heterocycles. The minimum absolute atomic E-state index is 0.0307. The first-order valence-electron chi connectivity index (χ1n) is 6.27. The van der Waals surface area contributed by atoms with Gasteiger partial charge in [0.2, 0.25) is 0 Å². The van der Waals surface area contributed by atoms with Gasteiger partial charge in [-0.1, -0.05) is 22.0 Å². The van der Waals surface area contributed by atoms with Gasteiger partial charge in [0.15, 0.2) is 0 Å². The van der Waals surface area contributed by atoms with Gasteiger partial charge in [0.1, 0.15) is 0 Å². The Bertz CT molecular complexity index is 441. The molecule has 2 unspecified atom stereocenters. The van der Waals surface area contributed by atoms with Crippen LogP contribution in [0.25, 0.3) is 0 Å². The third kappa shape index (κ3) is 2.93. The summed E-state index contributed by atoms with van der Waals surface area (Å²) in [4.78, 5) is 12.2. The van der Waals surface area contributed by atoms with Crippen LogP contribution in [-0.4, -0.2) is 24.7 Å². The number of amides is 1. The molecule has 0 bridgehead atoms. The Hall–Kier alpha value is -0.870. The summed E-state index contributed by atoms with van der Waals surface area (Å²) >= 11 is 3.44. The predicted molar refractivity (Wildman–Crippen MR) is 74.8 cm³/mol. The number of nitrogens with one attached hydrogen (secondary N) is 1. The summed E-state index contributed by atoms with van der Waals surface area (Å²) in [6, 6.07) is 5.72. The molecule has 0 aromatic heterocycles. The van der Waals surface area contributed by atoms with Gasteiger partial charge >= 0.3 is 0 Å². The van der Waals surface area contributed by atoms with E-state index in [2.05, 4.69) is 21.2 Å².